The van der Waals surface area contributed by atoms with Crippen molar-refractivity contribution in [2.24, 2.45) is 0 Å². The van der Waals surface area contributed by atoms with Crippen LogP contribution in [0.5, 0.6) is 0 Å². The third-order valence-electron chi connectivity index (χ3n) is 1.74. The number of likely N-dealkylation sites (N-methyl/N-ethyl adjacent to an activating group) is 1. The molecule has 1 N–H and O–H groups in total. The Morgan fingerprint density at radius 2 is 2.19 bits per heavy atom. The Balaban J connectivity index is 2.75. The highest BCUT2D eigenvalue weighted by molar-refractivity contribution is 9.10. The van der Waals surface area contributed by atoms with Crippen molar-refractivity contribution in [1.82, 2.24) is 9.62 Å². The van der Waals surface area contributed by atoms with Crippen LogP contribution in [-0.4, -0.2) is 39.9 Å². The van der Waals surface area contributed by atoms with Crippen LogP contribution >= 0.6 is 27.3 Å². The molecule has 0 radical (unpaired) electrons. The van der Waals surface area contributed by atoms with Gasteiger partial charge in [0.1, 0.15) is 4.21 Å². The summed E-state index contributed by atoms with van der Waals surface area (Å²) in [5.74, 6) is -0.295. The van der Waals surface area contributed by atoms with Gasteiger partial charge in [0.15, 0.2) is 0 Å². The van der Waals surface area contributed by atoms with E-state index in [0.29, 0.717) is 4.47 Å². The number of halogens is 1. The van der Waals surface area contributed by atoms with Crippen LogP contribution in [0.3, 0.4) is 0 Å². The van der Waals surface area contributed by atoms with Crippen LogP contribution in [0.25, 0.3) is 0 Å². The molecule has 0 aliphatic rings. The van der Waals surface area contributed by atoms with Gasteiger partial charge in [-0.3, -0.25) is 4.79 Å². The van der Waals surface area contributed by atoms with Crippen molar-refractivity contribution in [3.63, 3.8) is 0 Å². The fourth-order valence-corrected chi connectivity index (χ4v) is 4.21. The molecule has 0 bridgehead atoms. The molecule has 90 valence electrons. The lowest BCUT2D eigenvalue weighted by Gasteiger charge is -2.10. The number of hydrogen-bond donors (Lipinski definition) is 1. The Hall–Kier alpha value is -0.440. The van der Waals surface area contributed by atoms with Gasteiger partial charge in [-0.1, -0.05) is 0 Å². The third-order valence-corrected chi connectivity index (χ3v) is 5.81. The minimum atomic E-state index is -3.60. The van der Waals surface area contributed by atoms with Crippen LogP contribution in [0.4, 0.5) is 0 Å². The SMILES string of the molecule is CN(C)C(=O)CNS(=O)(=O)c1sccc1Br. The number of nitrogens with zero attached hydrogens (tertiary/aromatic N) is 1. The average molecular weight is 327 g/mol. The first-order valence-corrected chi connectivity index (χ1v) is 7.43. The van der Waals surface area contributed by atoms with Gasteiger partial charge >= 0.3 is 0 Å². The van der Waals surface area contributed by atoms with E-state index in [9.17, 15) is 13.2 Å². The topological polar surface area (TPSA) is 66.5 Å². The predicted octanol–water partition coefficient (Wildman–Crippen LogP) is 0.877. The highest BCUT2D eigenvalue weighted by atomic mass is 79.9. The Bertz CT molecular complexity index is 481. The summed E-state index contributed by atoms with van der Waals surface area (Å²) >= 11 is 4.23. The van der Waals surface area contributed by atoms with Crippen LogP contribution in [0, 0.1) is 0 Å². The summed E-state index contributed by atoms with van der Waals surface area (Å²) in [6.07, 6.45) is 0. The van der Waals surface area contributed by atoms with Crippen molar-refractivity contribution >= 4 is 43.2 Å². The lowest BCUT2D eigenvalue weighted by Crippen LogP contribution is -2.36. The molecular weight excluding hydrogens is 316 g/mol. The van der Waals surface area contributed by atoms with Gasteiger partial charge in [-0.2, -0.15) is 0 Å². The van der Waals surface area contributed by atoms with Crippen LogP contribution in [0.2, 0.25) is 0 Å². The molecule has 5 nitrogen and oxygen atoms in total. The van der Waals surface area contributed by atoms with Crippen LogP contribution in [0.1, 0.15) is 0 Å². The fourth-order valence-electron chi connectivity index (χ4n) is 0.852. The molecule has 0 saturated carbocycles. The van der Waals surface area contributed by atoms with Crippen molar-refractivity contribution in [1.29, 1.82) is 0 Å². The molecule has 0 saturated heterocycles. The summed E-state index contributed by atoms with van der Waals surface area (Å²) in [7, 11) is -0.468. The molecule has 0 spiro atoms. The van der Waals surface area contributed by atoms with E-state index in [0.717, 1.165) is 11.3 Å². The van der Waals surface area contributed by atoms with Gasteiger partial charge in [-0.05, 0) is 27.4 Å². The average Bonchev–Trinajstić information content (AvgIpc) is 2.61. The van der Waals surface area contributed by atoms with Gasteiger partial charge in [0, 0.05) is 18.6 Å². The molecule has 0 unspecified atom stereocenters. The van der Waals surface area contributed by atoms with Gasteiger partial charge in [0.2, 0.25) is 5.91 Å². The van der Waals surface area contributed by atoms with E-state index in [2.05, 4.69) is 20.7 Å². The first-order chi connectivity index (χ1) is 7.34. The van der Waals surface area contributed by atoms with E-state index in [4.69, 9.17) is 0 Å². The third kappa shape index (κ3) is 3.27. The molecule has 0 aliphatic heterocycles. The van der Waals surface area contributed by atoms with E-state index in [-0.39, 0.29) is 16.7 Å². The fraction of sp³-hybridized carbons (Fsp3) is 0.375. The van der Waals surface area contributed by atoms with Crippen LogP contribution < -0.4 is 4.72 Å². The molecule has 1 amide bonds. The molecule has 1 heterocycles. The number of rotatable bonds is 4. The maximum absolute atomic E-state index is 11.7. The van der Waals surface area contributed by atoms with Crippen molar-refractivity contribution in [2.75, 3.05) is 20.6 Å². The number of amides is 1. The van der Waals surface area contributed by atoms with Crippen molar-refractivity contribution in [2.45, 2.75) is 4.21 Å². The molecule has 8 heteroatoms. The number of sulfonamides is 1. The minimum absolute atomic E-state index is 0.180. The van der Waals surface area contributed by atoms with Crippen molar-refractivity contribution < 1.29 is 13.2 Å². The molecule has 1 rings (SSSR count). The second-order valence-corrected chi connectivity index (χ2v) is 6.90. The maximum atomic E-state index is 11.7. The number of carbonyl (C=O) groups excluding carboxylic acids is 1. The quantitative estimate of drug-likeness (QED) is 0.893. The number of hydrogen-bond acceptors (Lipinski definition) is 4. The molecule has 16 heavy (non-hydrogen) atoms. The van der Waals surface area contributed by atoms with Gasteiger partial charge in [-0.15, -0.1) is 11.3 Å². The van der Waals surface area contributed by atoms with E-state index in [1.807, 2.05) is 0 Å². The van der Waals surface area contributed by atoms with Crippen molar-refractivity contribution in [3.05, 3.63) is 15.9 Å². The maximum Gasteiger partial charge on any atom is 0.251 e. The largest absolute Gasteiger partial charge is 0.348 e. The highest BCUT2D eigenvalue weighted by Crippen LogP contribution is 2.27. The molecule has 0 aliphatic carbocycles. The number of carbonyl (C=O) groups is 1. The first kappa shape index (κ1) is 13.6. The summed E-state index contributed by atoms with van der Waals surface area (Å²) in [5, 5.41) is 1.66. The normalized spacial score (nSPS) is 11.4. The Kier molecular flexibility index (Phi) is 4.48. The second kappa shape index (κ2) is 5.26. The van der Waals surface area contributed by atoms with Gasteiger partial charge in [0.05, 0.1) is 6.54 Å². The number of nitrogens with one attached hydrogen (secondary N) is 1. The lowest BCUT2D eigenvalue weighted by atomic mass is 10.6. The van der Waals surface area contributed by atoms with E-state index < -0.39 is 10.0 Å². The lowest BCUT2D eigenvalue weighted by molar-refractivity contribution is -0.127. The number of thiophene rings is 1. The molecule has 1 aromatic rings. The standard InChI is InChI=1S/C8H11BrN2O3S2/c1-11(2)7(12)5-10-16(13,14)8-6(9)3-4-15-8/h3-4,10H,5H2,1-2H3. The Morgan fingerprint density at radius 1 is 1.56 bits per heavy atom. The summed E-state index contributed by atoms with van der Waals surface area (Å²) in [4.78, 5) is 12.6. The van der Waals surface area contributed by atoms with Crippen LogP contribution in [-0.2, 0) is 14.8 Å². The summed E-state index contributed by atoms with van der Waals surface area (Å²) in [6.45, 7) is -0.236. The van der Waals surface area contributed by atoms with Gasteiger partial charge in [0.25, 0.3) is 10.0 Å². The van der Waals surface area contributed by atoms with E-state index in [1.165, 1.54) is 4.90 Å². The zero-order valence-electron chi connectivity index (χ0n) is 8.73. The molecule has 1 aromatic heterocycles. The van der Waals surface area contributed by atoms with Gasteiger partial charge in [-0.25, -0.2) is 13.1 Å². The molecule has 0 atom stereocenters. The van der Waals surface area contributed by atoms with Gasteiger partial charge < -0.3 is 4.90 Å². The predicted molar refractivity (Wildman–Crippen MR) is 65.9 cm³/mol. The summed E-state index contributed by atoms with van der Waals surface area (Å²) < 4.78 is 26.4. The van der Waals surface area contributed by atoms with Crippen LogP contribution in [0.15, 0.2) is 20.1 Å². The van der Waals surface area contributed by atoms with E-state index in [1.54, 1.807) is 25.5 Å². The highest BCUT2D eigenvalue weighted by Gasteiger charge is 2.20. The smallest absolute Gasteiger partial charge is 0.251 e. The Labute approximate surface area is 107 Å². The minimum Gasteiger partial charge on any atom is -0.348 e. The zero-order valence-corrected chi connectivity index (χ0v) is 11.9. The molecule has 0 aromatic carbocycles. The first-order valence-electron chi connectivity index (χ1n) is 4.27. The molecular formula is C8H11BrN2O3S2. The monoisotopic (exact) mass is 326 g/mol. The van der Waals surface area contributed by atoms with Crippen molar-refractivity contribution in [3.8, 4) is 0 Å². The summed E-state index contributed by atoms with van der Waals surface area (Å²) in [5.41, 5.74) is 0. The summed E-state index contributed by atoms with van der Waals surface area (Å²) in [6, 6.07) is 1.65. The second-order valence-electron chi connectivity index (χ2n) is 3.17. The zero-order chi connectivity index (χ0) is 12.3. The van der Waals surface area contributed by atoms with E-state index >= 15 is 0 Å². The Morgan fingerprint density at radius 3 is 2.62 bits per heavy atom. The molecule has 0 fully saturated rings.